The molecule has 1 aliphatic heterocycles. The molecule has 1 atom stereocenters. The molecule has 2 rings (SSSR count). The van der Waals surface area contributed by atoms with Gasteiger partial charge in [0.25, 0.3) is 0 Å². The molecule has 0 radical (unpaired) electrons. The molecule has 0 amide bonds. The van der Waals surface area contributed by atoms with Crippen LogP contribution < -0.4 is 14.8 Å². The summed E-state index contributed by atoms with van der Waals surface area (Å²) in [7, 11) is 1.59. The number of piperidine rings is 1. The number of Topliss-reactive ketones (excluding diaryl/α,β-unsaturated/α-hetero) is 1. The van der Waals surface area contributed by atoms with Crippen LogP contribution in [0, 0.1) is 5.92 Å². The van der Waals surface area contributed by atoms with Crippen LogP contribution in [0.1, 0.15) is 30.1 Å². The molecule has 4 heteroatoms. The third kappa shape index (κ3) is 3.26. The van der Waals surface area contributed by atoms with Crippen LogP contribution in [0.2, 0.25) is 0 Å². The van der Waals surface area contributed by atoms with Gasteiger partial charge in [-0.25, -0.2) is 0 Å². The predicted molar refractivity (Wildman–Crippen MR) is 74.1 cm³/mol. The van der Waals surface area contributed by atoms with Crippen molar-refractivity contribution in [1.29, 1.82) is 0 Å². The van der Waals surface area contributed by atoms with E-state index >= 15 is 0 Å². The zero-order valence-electron chi connectivity index (χ0n) is 11.6. The minimum Gasteiger partial charge on any atom is -0.496 e. The Morgan fingerprint density at radius 1 is 1.47 bits per heavy atom. The van der Waals surface area contributed by atoms with Crippen LogP contribution in [-0.2, 0) is 0 Å². The fourth-order valence-corrected chi connectivity index (χ4v) is 2.43. The second-order valence-corrected chi connectivity index (χ2v) is 4.70. The predicted octanol–water partition coefficient (Wildman–Crippen LogP) is 2.28. The number of benzene rings is 1. The lowest BCUT2D eigenvalue weighted by Crippen LogP contribution is -2.34. The molecule has 0 bridgehead atoms. The van der Waals surface area contributed by atoms with Crippen molar-refractivity contribution < 1.29 is 14.3 Å². The standard InChI is InChI=1S/C15H21NO3/c1-3-19-12-6-7-14(18-2)13(9-12)15(17)11-5-4-8-16-10-11/h6-7,9,11,16H,3-5,8,10H2,1-2H3. The van der Waals surface area contributed by atoms with Crippen LogP contribution in [0.5, 0.6) is 11.5 Å². The van der Waals surface area contributed by atoms with Gasteiger partial charge in [-0.2, -0.15) is 0 Å². The number of methoxy groups -OCH3 is 1. The van der Waals surface area contributed by atoms with Gasteiger partial charge in [-0.1, -0.05) is 0 Å². The van der Waals surface area contributed by atoms with Gasteiger partial charge in [0.2, 0.25) is 0 Å². The molecule has 1 unspecified atom stereocenters. The summed E-state index contributed by atoms with van der Waals surface area (Å²) in [6.45, 7) is 4.27. The fraction of sp³-hybridized carbons (Fsp3) is 0.533. The Balaban J connectivity index is 2.24. The molecular weight excluding hydrogens is 242 g/mol. The highest BCUT2D eigenvalue weighted by Crippen LogP contribution is 2.28. The van der Waals surface area contributed by atoms with E-state index in [1.54, 1.807) is 19.2 Å². The molecule has 1 saturated heterocycles. The summed E-state index contributed by atoms with van der Waals surface area (Å²) in [6, 6.07) is 5.42. The SMILES string of the molecule is CCOc1ccc(OC)c(C(=O)C2CCCNC2)c1. The number of hydrogen-bond acceptors (Lipinski definition) is 4. The average molecular weight is 263 g/mol. The Morgan fingerprint density at radius 3 is 2.95 bits per heavy atom. The van der Waals surface area contributed by atoms with Crippen LogP contribution in [0.4, 0.5) is 0 Å². The summed E-state index contributed by atoms with van der Waals surface area (Å²) >= 11 is 0. The van der Waals surface area contributed by atoms with Gasteiger partial charge in [0.15, 0.2) is 5.78 Å². The second kappa shape index (κ2) is 6.57. The lowest BCUT2D eigenvalue weighted by atomic mass is 9.90. The normalized spacial score (nSPS) is 18.9. The lowest BCUT2D eigenvalue weighted by Gasteiger charge is -2.22. The van der Waals surface area contributed by atoms with Crippen molar-refractivity contribution in [2.45, 2.75) is 19.8 Å². The Hall–Kier alpha value is -1.55. The number of hydrogen-bond donors (Lipinski definition) is 1. The lowest BCUT2D eigenvalue weighted by molar-refractivity contribution is 0.0896. The third-order valence-electron chi connectivity index (χ3n) is 3.42. The first-order chi connectivity index (χ1) is 9.26. The summed E-state index contributed by atoms with van der Waals surface area (Å²) in [5, 5.41) is 3.27. The first-order valence-electron chi connectivity index (χ1n) is 6.82. The van der Waals surface area contributed by atoms with Crippen molar-refractivity contribution in [3.63, 3.8) is 0 Å². The highest BCUT2D eigenvalue weighted by atomic mass is 16.5. The van der Waals surface area contributed by atoms with Gasteiger partial charge in [0.05, 0.1) is 19.3 Å². The van der Waals surface area contributed by atoms with Gasteiger partial charge < -0.3 is 14.8 Å². The van der Waals surface area contributed by atoms with E-state index in [4.69, 9.17) is 9.47 Å². The van der Waals surface area contributed by atoms with Crippen LogP contribution >= 0.6 is 0 Å². The van der Waals surface area contributed by atoms with Crippen LogP contribution in [0.25, 0.3) is 0 Å². The van der Waals surface area contributed by atoms with Crippen LogP contribution in [0.3, 0.4) is 0 Å². The van der Waals surface area contributed by atoms with Crippen LogP contribution in [-0.4, -0.2) is 32.6 Å². The van der Waals surface area contributed by atoms with Crippen molar-refractivity contribution in [2.75, 3.05) is 26.8 Å². The molecule has 19 heavy (non-hydrogen) atoms. The highest BCUT2D eigenvalue weighted by molar-refractivity contribution is 6.00. The van der Waals surface area contributed by atoms with Gasteiger partial charge in [-0.3, -0.25) is 4.79 Å². The molecule has 0 aromatic heterocycles. The van der Waals surface area contributed by atoms with Crippen molar-refractivity contribution in [3.05, 3.63) is 23.8 Å². The monoisotopic (exact) mass is 263 g/mol. The van der Waals surface area contributed by atoms with Crippen molar-refractivity contribution in [2.24, 2.45) is 5.92 Å². The molecule has 0 aliphatic carbocycles. The fourth-order valence-electron chi connectivity index (χ4n) is 2.43. The highest BCUT2D eigenvalue weighted by Gasteiger charge is 2.25. The van der Waals surface area contributed by atoms with E-state index in [-0.39, 0.29) is 11.7 Å². The smallest absolute Gasteiger partial charge is 0.171 e. The zero-order chi connectivity index (χ0) is 13.7. The van der Waals surface area contributed by atoms with Crippen molar-refractivity contribution in [3.8, 4) is 11.5 Å². The summed E-state index contributed by atoms with van der Waals surface area (Å²) in [4.78, 5) is 12.6. The van der Waals surface area contributed by atoms with Gasteiger partial charge in [0.1, 0.15) is 11.5 Å². The summed E-state index contributed by atoms with van der Waals surface area (Å²) in [5.74, 6) is 1.53. The maximum Gasteiger partial charge on any atom is 0.171 e. The molecule has 104 valence electrons. The average Bonchev–Trinajstić information content (AvgIpc) is 2.47. The maximum absolute atomic E-state index is 12.6. The molecule has 1 aromatic carbocycles. The Bertz CT molecular complexity index is 439. The Morgan fingerprint density at radius 2 is 2.32 bits per heavy atom. The number of rotatable bonds is 5. The van der Waals surface area contributed by atoms with Gasteiger partial charge >= 0.3 is 0 Å². The maximum atomic E-state index is 12.6. The number of nitrogens with one attached hydrogen (secondary N) is 1. The number of ketones is 1. The van der Waals surface area contributed by atoms with E-state index in [0.717, 1.165) is 31.7 Å². The van der Waals surface area contributed by atoms with E-state index in [0.29, 0.717) is 17.9 Å². The largest absolute Gasteiger partial charge is 0.496 e. The minimum atomic E-state index is 0.0412. The second-order valence-electron chi connectivity index (χ2n) is 4.70. The molecule has 4 nitrogen and oxygen atoms in total. The molecular formula is C15H21NO3. The molecule has 0 saturated carbocycles. The quantitative estimate of drug-likeness (QED) is 0.828. The summed E-state index contributed by atoms with van der Waals surface area (Å²) < 4.78 is 10.8. The van der Waals surface area contributed by atoms with Crippen molar-refractivity contribution >= 4 is 5.78 Å². The topological polar surface area (TPSA) is 47.6 Å². The van der Waals surface area contributed by atoms with E-state index in [9.17, 15) is 4.79 Å². The molecule has 1 heterocycles. The number of carbonyl (C=O) groups is 1. The Labute approximate surface area is 114 Å². The molecule has 1 N–H and O–H groups in total. The van der Waals surface area contributed by atoms with E-state index in [1.165, 1.54) is 0 Å². The third-order valence-corrected chi connectivity index (χ3v) is 3.42. The van der Waals surface area contributed by atoms with E-state index < -0.39 is 0 Å². The first-order valence-corrected chi connectivity index (χ1v) is 6.82. The van der Waals surface area contributed by atoms with Gasteiger partial charge in [-0.15, -0.1) is 0 Å². The number of ether oxygens (including phenoxy) is 2. The van der Waals surface area contributed by atoms with Gasteiger partial charge in [0, 0.05) is 12.5 Å². The molecule has 1 aromatic rings. The Kier molecular flexibility index (Phi) is 4.80. The number of carbonyl (C=O) groups excluding carboxylic acids is 1. The molecule has 1 aliphatic rings. The van der Waals surface area contributed by atoms with E-state index in [2.05, 4.69) is 5.32 Å². The summed E-state index contributed by atoms with van der Waals surface area (Å²) in [5.41, 5.74) is 0.627. The zero-order valence-corrected chi connectivity index (χ0v) is 11.6. The minimum absolute atomic E-state index is 0.0412. The molecule has 0 spiro atoms. The van der Waals surface area contributed by atoms with Crippen LogP contribution in [0.15, 0.2) is 18.2 Å². The summed E-state index contributed by atoms with van der Waals surface area (Å²) in [6.07, 6.45) is 1.98. The van der Waals surface area contributed by atoms with Crippen molar-refractivity contribution in [1.82, 2.24) is 5.32 Å². The van der Waals surface area contributed by atoms with Gasteiger partial charge in [-0.05, 0) is 44.5 Å². The molecule has 1 fully saturated rings. The van der Waals surface area contributed by atoms with E-state index in [1.807, 2.05) is 13.0 Å². The first kappa shape index (κ1) is 13.9.